The smallest absolute Gasteiger partial charge is 0.256 e. The first kappa shape index (κ1) is 18.2. The maximum atomic E-state index is 12.9. The van der Waals surface area contributed by atoms with Crippen molar-refractivity contribution in [1.82, 2.24) is 4.90 Å². The summed E-state index contributed by atoms with van der Waals surface area (Å²) in [5, 5.41) is 5.58. The molecular formula is C22H19N3O5. The Morgan fingerprint density at radius 3 is 2.90 bits per heavy atom. The van der Waals surface area contributed by atoms with Crippen LogP contribution >= 0.6 is 0 Å². The van der Waals surface area contributed by atoms with Crippen LogP contribution in [0.4, 0.5) is 11.4 Å². The molecule has 3 aliphatic rings. The zero-order valence-electron chi connectivity index (χ0n) is 16.0. The van der Waals surface area contributed by atoms with E-state index in [0.29, 0.717) is 41.4 Å². The standard InChI is InChI=1S/C22H19N3O5/c26-20(8-4-13-3-7-18-19(10-13)30-12-29-18)23-14-5-6-16-15(11-14)22(28)25-9-1-2-17(25)21(27)24-16/h3-8,10-11,17H,1-2,9,12H2,(H,23,26)(H,24,27)/b8-4+/t17-/m1/s1. The van der Waals surface area contributed by atoms with Crippen LogP contribution in [-0.4, -0.2) is 42.0 Å². The Morgan fingerprint density at radius 2 is 2.00 bits per heavy atom. The van der Waals surface area contributed by atoms with Gasteiger partial charge in [0.05, 0.1) is 11.3 Å². The fourth-order valence-corrected chi connectivity index (χ4v) is 3.93. The maximum absolute atomic E-state index is 12.9. The number of rotatable bonds is 3. The first-order chi connectivity index (χ1) is 14.6. The molecule has 0 unspecified atom stereocenters. The van der Waals surface area contributed by atoms with Crippen LogP contribution in [0.25, 0.3) is 6.08 Å². The second-order valence-electron chi connectivity index (χ2n) is 7.34. The van der Waals surface area contributed by atoms with Gasteiger partial charge in [0, 0.05) is 18.3 Å². The number of nitrogens with one attached hydrogen (secondary N) is 2. The number of carbonyl (C=O) groups excluding carboxylic acids is 3. The van der Waals surface area contributed by atoms with E-state index in [1.165, 1.54) is 6.08 Å². The van der Waals surface area contributed by atoms with Gasteiger partial charge < -0.3 is 25.0 Å². The van der Waals surface area contributed by atoms with Gasteiger partial charge in [0.15, 0.2) is 11.5 Å². The van der Waals surface area contributed by atoms with Crippen molar-refractivity contribution >= 4 is 35.2 Å². The summed E-state index contributed by atoms with van der Waals surface area (Å²) in [6, 6.07) is 9.89. The lowest BCUT2D eigenvalue weighted by Crippen LogP contribution is -2.40. The van der Waals surface area contributed by atoms with Gasteiger partial charge in [-0.25, -0.2) is 0 Å². The summed E-state index contributed by atoms with van der Waals surface area (Å²) < 4.78 is 10.6. The number of fused-ring (bicyclic) bond motifs is 3. The molecule has 152 valence electrons. The molecule has 0 aliphatic carbocycles. The van der Waals surface area contributed by atoms with Gasteiger partial charge in [-0.3, -0.25) is 14.4 Å². The van der Waals surface area contributed by atoms with E-state index in [1.54, 1.807) is 41.3 Å². The second kappa shape index (κ2) is 7.22. The van der Waals surface area contributed by atoms with Crippen molar-refractivity contribution in [2.75, 3.05) is 24.0 Å². The third-order valence-electron chi connectivity index (χ3n) is 5.42. The lowest BCUT2D eigenvalue weighted by atomic mass is 10.1. The fourth-order valence-electron chi connectivity index (χ4n) is 3.93. The van der Waals surface area contributed by atoms with Crippen LogP contribution < -0.4 is 20.1 Å². The molecule has 30 heavy (non-hydrogen) atoms. The van der Waals surface area contributed by atoms with Crippen molar-refractivity contribution < 1.29 is 23.9 Å². The van der Waals surface area contributed by atoms with Crippen LogP contribution in [0.3, 0.4) is 0 Å². The van der Waals surface area contributed by atoms with E-state index in [2.05, 4.69) is 10.6 Å². The quantitative estimate of drug-likeness (QED) is 0.766. The first-order valence-corrected chi connectivity index (χ1v) is 9.73. The van der Waals surface area contributed by atoms with Crippen LogP contribution in [0.5, 0.6) is 11.5 Å². The van der Waals surface area contributed by atoms with Crippen molar-refractivity contribution in [3.05, 3.63) is 53.6 Å². The number of nitrogens with zero attached hydrogens (tertiary/aromatic N) is 1. The summed E-state index contributed by atoms with van der Waals surface area (Å²) in [6.07, 6.45) is 4.55. The third-order valence-corrected chi connectivity index (χ3v) is 5.42. The Labute approximate surface area is 172 Å². The summed E-state index contributed by atoms with van der Waals surface area (Å²) in [5.74, 6) is 0.625. The lowest BCUT2D eigenvalue weighted by molar-refractivity contribution is -0.119. The lowest BCUT2D eigenvalue weighted by Gasteiger charge is -2.20. The first-order valence-electron chi connectivity index (χ1n) is 9.73. The van der Waals surface area contributed by atoms with Gasteiger partial charge in [-0.05, 0) is 54.8 Å². The third kappa shape index (κ3) is 3.26. The van der Waals surface area contributed by atoms with Crippen molar-refractivity contribution in [2.24, 2.45) is 0 Å². The predicted molar refractivity (Wildman–Crippen MR) is 109 cm³/mol. The maximum Gasteiger partial charge on any atom is 0.256 e. The van der Waals surface area contributed by atoms with E-state index in [1.807, 2.05) is 6.07 Å². The SMILES string of the molecule is O=C(/C=C/c1ccc2c(c1)OCO2)Nc1ccc2c(c1)C(=O)N1CCC[C@@H]1C(=O)N2. The molecule has 8 nitrogen and oxygen atoms in total. The fraction of sp³-hybridized carbons (Fsp3) is 0.227. The summed E-state index contributed by atoms with van der Waals surface area (Å²) in [6.45, 7) is 0.754. The molecule has 8 heteroatoms. The van der Waals surface area contributed by atoms with Gasteiger partial charge in [0.2, 0.25) is 18.6 Å². The van der Waals surface area contributed by atoms with Crippen molar-refractivity contribution in [1.29, 1.82) is 0 Å². The molecule has 0 radical (unpaired) electrons. The highest BCUT2D eigenvalue weighted by molar-refractivity contribution is 6.11. The molecule has 3 amide bonds. The Balaban J connectivity index is 1.32. The van der Waals surface area contributed by atoms with Crippen molar-refractivity contribution in [3.8, 4) is 11.5 Å². The number of carbonyl (C=O) groups is 3. The summed E-state index contributed by atoms with van der Waals surface area (Å²) in [5.41, 5.74) is 2.13. The van der Waals surface area contributed by atoms with Crippen LogP contribution in [0.15, 0.2) is 42.5 Å². The van der Waals surface area contributed by atoms with Gasteiger partial charge in [-0.1, -0.05) is 6.07 Å². The molecule has 1 saturated heterocycles. The normalized spacial score (nSPS) is 19.3. The Bertz CT molecular complexity index is 1090. The zero-order valence-corrected chi connectivity index (χ0v) is 16.0. The van der Waals surface area contributed by atoms with Gasteiger partial charge in [-0.2, -0.15) is 0 Å². The van der Waals surface area contributed by atoms with E-state index >= 15 is 0 Å². The molecule has 0 bridgehead atoms. The molecule has 0 spiro atoms. The highest BCUT2D eigenvalue weighted by Gasteiger charge is 2.38. The number of amides is 3. The van der Waals surface area contributed by atoms with Crippen molar-refractivity contribution in [2.45, 2.75) is 18.9 Å². The Kier molecular flexibility index (Phi) is 4.39. The topological polar surface area (TPSA) is 97.0 Å². The molecule has 1 atom stereocenters. The molecule has 0 saturated carbocycles. The highest BCUT2D eigenvalue weighted by Crippen LogP contribution is 2.33. The summed E-state index contributed by atoms with van der Waals surface area (Å²) >= 11 is 0. The van der Waals surface area contributed by atoms with E-state index in [-0.39, 0.29) is 24.5 Å². The van der Waals surface area contributed by atoms with Crippen LogP contribution in [-0.2, 0) is 9.59 Å². The van der Waals surface area contributed by atoms with Crippen LogP contribution in [0, 0.1) is 0 Å². The number of ether oxygens (including phenoxy) is 2. The summed E-state index contributed by atoms with van der Waals surface area (Å²) in [7, 11) is 0. The van der Waals surface area contributed by atoms with E-state index < -0.39 is 6.04 Å². The van der Waals surface area contributed by atoms with E-state index in [9.17, 15) is 14.4 Å². The Morgan fingerprint density at radius 1 is 1.13 bits per heavy atom. The monoisotopic (exact) mass is 405 g/mol. The Hall–Kier alpha value is -3.81. The number of hydrogen-bond donors (Lipinski definition) is 2. The molecule has 5 rings (SSSR count). The van der Waals surface area contributed by atoms with Gasteiger partial charge in [-0.15, -0.1) is 0 Å². The van der Waals surface area contributed by atoms with E-state index in [0.717, 1.165) is 12.0 Å². The van der Waals surface area contributed by atoms with Crippen LogP contribution in [0.1, 0.15) is 28.8 Å². The minimum absolute atomic E-state index is 0.164. The molecule has 3 heterocycles. The van der Waals surface area contributed by atoms with Gasteiger partial charge >= 0.3 is 0 Å². The second-order valence-corrected chi connectivity index (χ2v) is 7.34. The highest BCUT2D eigenvalue weighted by atomic mass is 16.7. The molecular weight excluding hydrogens is 386 g/mol. The summed E-state index contributed by atoms with van der Waals surface area (Å²) in [4.78, 5) is 39.2. The number of hydrogen-bond acceptors (Lipinski definition) is 5. The average Bonchev–Trinajstić information content (AvgIpc) is 3.40. The minimum atomic E-state index is -0.424. The van der Waals surface area contributed by atoms with Crippen LogP contribution in [0.2, 0.25) is 0 Å². The number of benzene rings is 2. The molecule has 2 N–H and O–H groups in total. The largest absolute Gasteiger partial charge is 0.454 e. The van der Waals surface area contributed by atoms with Gasteiger partial charge in [0.1, 0.15) is 6.04 Å². The van der Waals surface area contributed by atoms with E-state index in [4.69, 9.17) is 9.47 Å². The molecule has 3 aliphatic heterocycles. The van der Waals surface area contributed by atoms with Crippen molar-refractivity contribution in [3.63, 3.8) is 0 Å². The van der Waals surface area contributed by atoms with Gasteiger partial charge in [0.25, 0.3) is 5.91 Å². The zero-order chi connectivity index (χ0) is 20.7. The molecule has 2 aromatic carbocycles. The molecule has 0 aromatic heterocycles. The predicted octanol–water partition coefficient (Wildman–Crippen LogP) is 2.62. The molecule has 1 fully saturated rings. The number of anilines is 2. The minimum Gasteiger partial charge on any atom is -0.454 e. The molecule has 2 aromatic rings. The average molecular weight is 405 g/mol.